The molecule has 0 aromatic carbocycles. The highest BCUT2D eigenvalue weighted by Crippen LogP contribution is 2.27. The Labute approximate surface area is 128 Å². The molecule has 5 heteroatoms. The molecule has 0 atom stereocenters. The predicted octanol–water partition coefficient (Wildman–Crippen LogP) is 2.99. The SMILES string of the molecule is CCNc1nc(CC)nc(NCC(CC)(CC)CO)c1C. The normalized spacial score (nSPS) is 11.5. The first-order valence-corrected chi connectivity index (χ1v) is 8.01. The van der Waals surface area contributed by atoms with E-state index >= 15 is 0 Å². The van der Waals surface area contributed by atoms with Crippen molar-refractivity contribution in [2.75, 3.05) is 30.3 Å². The Morgan fingerprint density at radius 1 is 1.00 bits per heavy atom. The van der Waals surface area contributed by atoms with Gasteiger partial charge in [-0.2, -0.15) is 0 Å². The Bertz CT molecular complexity index is 436. The third-order valence-electron chi connectivity index (χ3n) is 4.32. The van der Waals surface area contributed by atoms with Crippen molar-refractivity contribution in [1.82, 2.24) is 9.97 Å². The number of rotatable bonds is 9. The zero-order valence-electron chi connectivity index (χ0n) is 14.1. The molecule has 0 radical (unpaired) electrons. The Balaban J connectivity index is 2.99. The highest BCUT2D eigenvalue weighted by atomic mass is 16.3. The summed E-state index contributed by atoms with van der Waals surface area (Å²) in [4.78, 5) is 9.13. The van der Waals surface area contributed by atoms with Crippen LogP contribution in [0.4, 0.5) is 11.6 Å². The van der Waals surface area contributed by atoms with Crippen molar-refractivity contribution >= 4 is 11.6 Å². The second-order valence-electron chi connectivity index (χ2n) is 5.56. The van der Waals surface area contributed by atoms with Crippen LogP contribution < -0.4 is 10.6 Å². The van der Waals surface area contributed by atoms with E-state index in [0.717, 1.165) is 55.4 Å². The first-order valence-electron chi connectivity index (χ1n) is 8.01. The van der Waals surface area contributed by atoms with Crippen LogP contribution in [0.15, 0.2) is 0 Å². The van der Waals surface area contributed by atoms with Crippen molar-refractivity contribution in [1.29, 1.82) is 0 Å². The summed E-state index contributed by atoms with van der Waals surface area (Å²) in [5.41, 5.74) is 0.954. The minimum Gasteiger partial charge on any atom is -0.396 e. The van der Waals surface area contributed by atoms with Gasteiger partial charge in [-0.05, 0) is 26.7 Å². The van der Waals surface area contributed by atoms with Gasteiger partial charge < -0.3 is 15.7 Å². The Hall–Kier alpha value is -1.36. The molecule has 0 unspecified atom stereocenters. The van der Waals surface area contributed by atoms with Crippen LogP contribution in [0.25, 0.3) is 0 Å². The molecular weight excluding hydrogens is 264 g/mol. The van der Waals surface area contributed by atoms with Crippen molar-refractivity contribution < 1.29 is 5.11 Å². The Morgan fingerprint density at radius 3 is 2.00 bits per heavy atom. The molecule has 0 saturated heterocycles. The smallest absolute Gasteiger partial charge is 0.134 e. The number of hydrogen-bond donors (Lipinski definition) is 3. The number of anilines is 2. The van der Waals surface area contributed by atoms with Crippen LogP contribution in [0.1, 0.15) is 51.9 Å². The van der Waals surface area contributed by atoms with Gasteiger partial charge in [0.1, 0.15) is 17.5 Å². The molecule has 21 heavy (non-hydrogen) atoms. The summed E-state index contributed by atoms with van der Waals surface area (Å²) < 4.78 is 0. The van der Waals surface area contributed by atoms with E-state index in [-0.39, 0.29) is 12.0 Å². The zero-order chi connectivity index (χ0) is 15.9. The topological polar surface area (TPSA) is 70.1 Å². The molecule has 1 rings (SSSR count). The first-order chi connectivity index (χ1) is 10.1. The second kappa shape index (κ2) is 8.17. The van der Waals surface area contributed by atoms with Crippen LogP contribution in [0.2, 0.25) is 0 Å². The summed E-state index contributed by atoms with van der Waals surface area (Å²) in [5, 5.41) is 16.4. The zero-order valence-corrected chi connectivity index (χ0v) is 14.1. The third-order valence-corrected chi connectivity index (χ3v) is 4.32. The van der Waals surface area contributed by atoms with Gasteiger partial charge in [0.25, 0.3) is 0 Å². The Kier molecular flexibility index (Phi) is 6.89. The maximum Gasteiger partial charge on any atom is 0.134 e. The van der Waals surface area contributed by atoms with E-state index in [4.69, 9.17) is 0 Å². The molecule has 0 aliphatic heterocycles. The summed E-state index contributed by atoms with van der Waals surface area (Å²) in [6.45, 7) is 12.1. The molecule has 1 heterocycles. The lowest BCUT2D eigenvalue weighted by atomic mass is 9.83. The molecular formula is C16H30N4O. The standard InChI is InChI=1S/C16H30N4O/c1-6-13-19-14(17-9-4)12(5)15(20-13)18-10-16(7-2,8-3)11-21/h21H,6-11H2,1-5H3,(H2,17,18,19,20). The Morgan fingerprint density at radius 2 is 1.57 bits per heavy atom. The van der Waals surface area contributed by atoms with Crippen LogP contribution in [-0.4, -0.2) is 34.8 Å². The fraction of sp³-hybridized carbons (Fsp3) is 0.750. The van der Waals surface area contributed by atoms with E-state index in [0.29, 0.717) is 0 Å². The van der Waals surface area contributed by atoms with Crippen LogP contribution >= 0.6 is 0 Å². The molecule has 0 spiro atoms. The summed E-state index contributed by atoms with van der Waals surface area (Å²) in [6.07, 6.45) is 2.69. The van der Waals surface area contributed by atoms with Crippen LogP contribution in [0.5, 0.6) is 0 Å². The van der Waals surface area contributed by atoms with Gasteiger partial charge in [-0.1, -0.05) is 20.8 Å². The minimum absolute atomic E-state index is 0.0812. The van der Waals surface area contributed by atoms with Gasteiger partial charge in [-0.15, -0.1) is 0 Å². The van der Waals surface area contributed by atoms with Crippen LogP contribution in [0.3, 0.4) is 0 Å². The average molecular weight is 294 g/mol. The lowest BCUT2D eigenvalue weighted by molar-refractivity contribution is 0.127. The van der Waals surface area contributed by atoms with Crippen LogP contribution in [-0.2, 0) is 6.42 Å². The quantitative estimate of drug-likeness (QED) is 0.653. The van der Waals surface area contributed by atoms with Gasteiger partial charge in [-0.3, -0.25) is 0 Å². The van der Waals surface area contributed by atoms with Crippen molar-refractivity contribution in [2.45, 2.75) is 53.9 Å². The molecule has 0 fully saturated rings. The first kappa shape index (κ1) is 17.7. The highest BCUT2D eigenvalue weighted by Gasteiger charge is 2.25. The molecule has 0 saturated carbocycles. The maximum absolute atomic E-state index is 9.68. The highest BCUT2D eigenvalue weighted by molar-refractivity contribution is 5.57. The molecule has 1 aromatic rings. The average Bonchev–Trinajstić information content (AvgIpc) is 2.52. The van der Waals surface area contributed by atoms with E-state index < -0.39 is 0 Å². The number of nitrogens with one attached hydrogen (secondary N) is 2. The van der Waals surface area contributed by atoms with Gasteiger partial charge >= 0.3 is 0 Å². The summed E-state index contributed by atoms with van der Waals surface area (Å²) in [6, 6.07) is 0. The lowest BCUT2D eigenvalue weighted by Gasteiger charge is -2.30. The van der Waals surface area contributed by atoms with Gasteiger partial charge in [0.15, 0.2) is 0 Å². The molecule has 0 aliphatic carbocycles. The van der Waals surface area contributed by atoms with Crippen molar-refractivity contribution in [3.63, 3.8) is 0 Å². The largest absolute Gasteiger partial charge is 0.396 e. The predicted molar refractivity (Wildman–Crippen MR) is 88.9 cm³/mol. The maximum atomic E-state index is 9.68. The molecule has 0 amide bonds. The van der Waals surface area contributed by atoms with Gasteiger partial charge in [0.2, 0.25) is 0 Å². The summed E-state index contributed by atoms with van der Waals surface area (Å²) in [5.74, 6) is 2.61. The van der Waals surface area contributed by atoms with Gasteiger partial charge in [0.05, 0.1) is 6.61 Å². The van der Waals surface area contributed by atoms with E-state index in [2.05, 4.69) is 48.3 Å². The number of aromatic nitrogens is 2. The molecule has 120 valence electrons. The van der Waals surface area contributed by atoms with Crippen molar-refractivity contribution in [3.05, 3.63) is 11.4 Å². The molecule has 1 aromatic heterocycles. The molecule has 0 bridgehead atoms. The molecule has 3 N–H and O–H groups in total. The van der Waals surface area contributed by atoms with Gasteiger partial charge in [-0.25, -0.2) is 9.97 Å². The van der Waals surface area contributed by atoms with E-state index in [1.807, 2.05) is 6.92 Å². The fourth-order valence-electron chi connectivity index (χ4n) is 2.28. The number of nitrogens with zero attached hydrogens (tertiary/aromatic N) is 2. The lowest BCUT2D eigenvalue weighted by Crippen LogP contribution is -2.32. The van der Waals surface area contributed by atoms with E-state index in [9.17, 15) is 5.11 Å². The summed E-state index contributed by atoms with van der Waals surface area (Å²) in [7, 11) is 0. The monoisotopic (exact) mass is 294 g/mol. The van der Waals surface area contributed by atoms with Crippen molar-refractivity contribution in [2.24, 2.45) is 5.41 Å². The summed E-state index contributed by atoms with van der Waals surface area (Å²) >= 11 is 0. The molecule has 5 nitrogen and oxygen atoms in total. The fourth-order valence-corrected chi connectivity index (χ4v) is 2.28. The van der Waals surface area contributed by atoms with Crippen LogP contribution in [0, 0.1) is 12.3 Å². The number of aliphatic hydroxyl groups is 1. The number of hydrogen-bond acceptors (Lipinski definition) is 5. The van der Waals surface area contributed by atoms with Crippen molar-refractivity contribution in [3.8, 4) is 0 Å². The number of aliphatic hydroxyl groups excluding tert-OH is 1. The number of aryl methyl sites for hydroxylation is 1. The van der Waals surface area contributed by atoms with E-state index in [1.165, 1.54) is 0 Å². The second-order valence-corrected chi connectivity index (χ2v) is 5.56. The van der Waals surface area contributed by atoms with E-state index in [1.54, 1.807) is 0 Å². The molecule has 0 aliphatic rings. The third kappa shape index (κ3) is 4.30. The van der Waals surface area contributed by atoms with Gasteiger partial charge in [0, 0.05) is 30.5 Å². The minimum atomic E-state index is -0.0812.